The number of hydrogen-bond donors (Lipinski definition) is 2. The summed E-state index contributed by atoms with van der Waals surface area (Å²) in [7, 11) is 0. The predicted octanol–water partition coefficient (Wildman–Crippen LogP) is 2.74. The van der Waals surface area contributed by atoms with Gasteiger partial charge in [0, 0.05) is 16.5 Å². The molecular weight excluding hydrogens is 257 g/mol. The van der Waals surface area contributed by atoms with E-state index in [9.17, 15) is 9.50 Å². The van der Waals surface area contributed by atoms with Gasteiger partial charge in [0.25, 0.3) is 0 Å². The number of nitrogens with zero attached hydrogens (tertiary/aromatic N) is 1. The van der Waals surface area contributed by atoms with Gasteiger partial charge in [-0.15, -0.1) is 0 Å². The van der Waals surface area contributed by atoms with Crippen LogP contribution in [0.3, 0.4) is 0 Å². The molecule has 1 aromatic heterocycles. The van der Waals surface area contributed by atoms with Crippen molar-refractivity contribution >= 4 is 10.9 Å². The van der Waals surface area contributed by atoms with Crippen LogP contribution in [-0.2, 0) is 12.0 Å². The van der Waals surface area contributed by atoms with Gasteiger partial charge < -0.3 is 14.8 Å². The van der Waals surface area contributed by atoms with E-state index < -0.39 is 6.10 Å². The van der Waals surface area contributed by atoms with Crippen molar-refractivity contribution in [1.82, 2.24) is 4.57 Å². The number of halogens is 1. The molecule has 0 aliphatic carbocycles. The van der Waals surface area contributed by atoms with Crippen LogP contribution in [0.2, 0.25) is 0 Å². The van der Waals surface area contributed by atoms with Gasteiger partial charge in [0.15, 0.2) is 0 Å². The van der Waals surface area contributed by atoms with Crippen molar-refractivity contribution in [2.75, 3.05) is 6.61 Å². The molecular formula is C16H22FNO2. The molecule has 0 bridgehead atoms. The zero-order valence-electron chi connectivity index (χ0n) is 12.4. The second-order valence-electron chi connectivity index (χ2n) is 6.41. The Morgan fingerprint density at radius 1 is 1.25 bits per heavy atom. The molecule has 2 aromatic rings. The van der Waals surface area contributed by atoms with Crippen molar-refractivity contribution in [3.63, 3.8) is 0 Å². The fraction of sp³-hybridized carbons (Fsp3) is 0.500. The van der Waals surface area contributed by atoms with Crippen molar-refractivity contribution < 1.29 is 14.6 Å². The third kappa shape index (κ3) is 2.72. The SMILES string of the molecule is Cc1cc(F)c2c(c1)cc(C(C)(C)C)n2CC(O)CO. The van der Waals surface area contributed by atoms with Crippen molar-refractivity contribution in [3.05, 3.63) is 35.3 Å². The molecule has 1 atom stereocenters. The smallest absolute Gasteiger partial charge is 0.147 e. The molecule has 1 unspecified atom stereocenters. The van der Waals surface area contributed by atoms with Crippen molar-refractivity contribution in [1.29, 1.82) is 0 Å². The molecule has 1 aromatic carbocycles. The van der Waals surface area contributed by atoms with Crippen molar-refractivity contribution in [2.24, 2.45) is 0 Å². The lowest BCUT2D eigenvalue weighted by atomic mass is 9.92. The van der Waals surface area contributed by atoms with Gasteiger partial charge >= 0.3 is 0 Å². The Hall–Kier alpha value is -1.39. The van der Waals surface area contributed by atoms with E-state index in [1.165, 1.54) is 6.07 Å². The minimum absolute atomic E-state index is 0.172. The van der Waals surface area contributed by atoms with Crippen LogP contribution in [-0.4, -0.2) is 27.5 Å². The first-order chi connectivity index (χ1) is 9.24. The van der Waals surface area contributed by atoms with Gasteiger partial charge in [-0.2, -0.15) is 0 Å². The minimum atomic E-state index is -0.896. The average Bonchev–Trinajstić information content (AvgIpc) is 2.67. The van der Waals surface area contributed by atoms with Gasteiger partial charge in [-0.3, -0.25) is 0 Å². The molecule has 0 saturated carbocycles. The summed E-state index contributed by atoms with van der Waals surface area (Å²) < 4.78 is 16.1. The lowest BCUT2D eigenvalue weighted by Crippen LogP contribution is -2.25. The summed E-state index contributed by atoms with van der Waals surface area (Å²) in [4.78, 5) is 0. The predicted molar refractivity (Wildman–Crippen MR) is 78.4 cm³/mol. The Kier molecular flexibility index (Phi) is 3.89. The number of fused-ring (bicyclic) bond motifs is 1. The van der Waals surface area contributed by atoms with Crippen LogP contribution in [0, 0.1) is 12.7 Å². The number of aromatic nitrogens is 1. The van der Waals surface area contributed by atoms with Crippen LogP contribution < -0.4 is 0 Å². The largest absolute Gasteiger partial charge is 0.394 e. The van der Waals surface area contributed by atoms with Crippen LogP contribution in [0.1, 0.15) is 32.0 Å². The lowest BCUT2D eigenvalue weighted by Gasteiger charge is -2.23. The summed E-state index contributed by atoms with van der Waals surface area (Å²) in [5.74, 6) is -0.291. The molecule has 0 amide bonds. The molecule has 0 aliphatic rings. The zero-order chi connectivity index (χ0) is 15.1. The number of aryl methyl sites for hydroxylation is 1. The van der Waals surface area contributed by atoms with Crippen LogP contribution in [0.15, 0.2) is 18.2 Å². The Morgan fingerprint density at radius 3 is 2.45 bits per heavy atom. The maximum Gasteiger partial charge on any atom is 0.147 e. The van der Waals surface area contributed by atoms with E-state index in [2.05, 4.69) is 0 Å². The molecule has 0 fully saturated rings. The molecule has 0 spiro atoms. The lowest BCUT2D eigenvalue weighted by molar-refractivity contribution is 0.0809. The fourth-order valence-electron chi connectivity index (χ4n) is 2.58. The highest BCUT2D eigenvalue weighted by atomic mass is 19.1. The first-order valence-corrected chi connectivity index (χ1v) is 6.83. The van der Waals surface area contributed by atoms with Crippen molar-refractivity contribution in [3.8, 4) is 0 Å². The van der Waals surface area contributed by atoms with E-state index in [4.69, 9.17) is 5.11 Å². The normalized spacial score (nSPS) is 13.9. The van der Waals surface area contributed by atoms with E-state index in [1.54, 1.807) is 4.57 Å². The van der Waals surface area contributed by atoms with E-state index in [1.807, 2.05) is 39.8 Å². The van der Waals surface area contributed by atoms with Crippen LogP contribution in [0.25, 0.3) is 10.9 Å². The standard InChI is InChI=1S/C16H22FNO2/c1-10-5-11-7-14(16(2,3)4)18(8-12(20)9-19)15(11)13(17)6-10/h5-7,12,19-20H,8-9H2,1-4H3. The highest BCUT2D eigenvalue weighted by Crippen LogP contribution is 2.31. The fourth-order valence-corrected chi connectivity index (χ4v) is 2.58. The van der Waals surface area contributed by atoms with Crippen LogP contribution in [0.5, 0.6) is 0 Å². The number of aliphatic hydroxyl groups is 2. The maximum atomic E-state index is 14.3. The molecule has 4 heteroatoms. The Labute approximate surface area is 118 Å². The Bertz CT molecular complexity index is 625. The average molecular weight is 279 g/mol. The summed E-state index contributed by atoms with van der Waals surface area (Å²) >= 11 is 0. The molecule has 2 rings (SSSR count). The number of rotatable bonds is 3. The monoisotopic (exact) mass is 279 g/mol. The number of hydrogen-bond acceptors (Lipinski definition) is 2. The summed E-state index contributed by atoms with van der Waals surface area (Å²) in [6.45, 7) is 7.86. The highest BCUT2D eigenvalue weighted by molar-refractivity contribution is 5.83. The van der Waals surface area contributed by atoms with Gasteiger partial charge in [0.05, 0.1) is 24.8 Å². The third-order valence-corrected chi connectivity index (χ3v) is 3.46. The van der Waals surface area contributed by atoms with Gasteiger partial charge in [-0.1, -0.05) is 20.8 Å². The second kappa shape index (κ2) is 5.19. The zero-order valence-corrected chi connectivity index (χ0v) is 12.4. The first-order valence-electron chi connectivity index (χ1n) is 6.83. The molecule has 2 N–H and O–H groups in total. The molecule has 20 heavy (non-hydrogen) atoms. The molecule has 0 radical (unpaired) electrons. The number of aliphatic hydroxyl groups excluding tert-OH is 2. The van der Waals surface area contributed by atoms with Crippen LogP contribution in [0.4, 0.5) is 4.39 Å². The van der Waals surface area contributed by atoms with Gasteiger partial charge in [0.1, 0.15) is 5.82 Å². The summed E-state index contributed by atoms with van der Waals surface area (Å²) in [6.07, 6.45) is -0.896. The van der Waals surface area contributed by atoms with Crippen molar-refractivity contribution in [2.45, 2.75) is 45.8 Å². The first kappa shape index (κ1) is 15.0. The van der Waals surface area contributed by atoms with E-state index in [-0.39, 0.29) is 24.4 Å². The Morgan fingerprint density at radius 2 is 1.90 bits per heavy atom. The third-order valence-electron chi connectivity index (χ3n) is 3.46. The molecule has 0 aliphatic heterocycles. The Balaban J connectivity index is 2.72. The number of benzene rings is 1. The van der Waals surface area contributed by atoms with E-state index in [0.29, 0.717) is 5.52 Å². The quantitative estimate of drug-likeness (QED) is 0.907. The molecule has 3 nitrogen and oxygen atoms in total. The minimum Gasteiger partial charge on any atom is -0.394 e. The van der Waals surface area contributed by atoms with Gasteiger partial charge in [0.2, 0.25) is 0 Å². The van der Waals surface area contributed by atoms with Gasteiger partial charge in [-0.05, 0) is 30.7 Å². The van der Waals surface area contributed by atoms with E-state index >= 15 is 0 Å². The molecule has 0 saturated heterocycles. The maximum absolute atomic E-state index is 14.3. The summed E-state index contributed by atoms with van der Waals surface area (Å²) in [5, 5.41) is 19.6. The highest BCUT2D eigenvalue weighted by Gasteiger charge is 2.23. The van der Waals surface area contributed by atoms with Crippen LogP contribution >= 0.6 is 0 Å². The molecule has 1 heterocycles. The topological polar surface area (TPSA) is 45.4 Å². The van der Waals surface area contributed by atoms with Gasteiger partial charge in [-0.25, -0.2) is 4.39 Å². The second-order valence-corrected chi connectivity index (χ2v) is 6.41. The van der Waals surface area contributed by atoms with E-state index in [0.717, 1.165) is 16.6 Å². The summed E-state index contributed by atoms with van der Waals surface area (Å²) in [5.41, 5.74) is 2.14. The summed E-state index contributed by atoms with van der Waals surface area (Å²) in [6, 6.07) is 5.40. The molecule has 110 valence electrons.